The number of hydrogen-bond donors (Lipinski definition) is 2. The van der Waals surface area contributed by atoms with E-state index in [1.807, 2.05) is 0 Å². The van der Waals surface area contributed by atoms with Crippen molar-refractivity contribution in [3.8, 4) is 0 Å². The van der Waals surface area contributed by atoms with E-state index in [4.69, 9.17) is 0 Å². The van der Waals surface area contributed by atoms with Crippen molar-refractivity contribution in [2.24, 2.45) is 0 Å². The average Bonchev–Trinajstić information content (AvgIpc) is 2.23. The molecule has 1 aromatic rings. The predicted octanol–water partition coefficient (Wildman–Crippen LogP) is 0.581. The molecule has 1 aromatic carbocycles. The minimum Gasteiger partial charge on any atom is -0.313 e. The zero-order chi connectivity index (χ0) is 12.1. The normalized spacial score (nSPS) is 9.69. The van der Waals surface area contributed by atoms with E-state index < -0.39 is 29.1 Å². The quantitative estimate of drug-likeness (QED) is 0.577. The number of rotatable bonds is 2. The van der Waals surface area contributed by atoms with Gasteiger partial charge >= 0.3 is 11.8 Å². The molecular formula is C9H8F2N2O3. The lowest BCUT2D eigenvalue weighted by atomic mass is 10.3. The number of nitrogens with one attached hydrogen (secondary N) is 2. The second kappa shape index (κ2) is 5.17. The number of halogens is 2. The van der Waals surface area contributed by atoms with Crippen molar-refractivity contribution >= 4 is 17.5 Å². The third-order valence-corrected chi connectivity index (χ3v) is 1.60. The molecule has 0 aromatic heterocycles. The second-order valence-electron chi connectivity index (χ2n) is 2.69. The monoisotopic (exact) mass is 230 g/mol. The maximum Gasteiger partial charge on any atom is 0.333 e. The van der Waals surface area contributed by atoms with E-state index in [-0.39, 0.29) is 0 Å². The molecule has 2 amide bonds. The van der Waals surface area contributed by atoms with Gasteiger partial charge in [0.25, 0.3) is 0 Å². The van der Waals surface area contributed by atoms with Crippen LogP contribution in [0.25, 0.3) is 0 Å². The van der Waals surface area contributed by atoms with Crippen LogP contribution in [0, 0.1) is 11.6 Å². The van der Waals surface area contributed by atoms with Gasteiger partial charge in [0.15, 0.2) is 0 Å². The second-order valence-corrected chi connectivity index (χ2v) is 2.69. The minimum absolute atomic E-state index is 0.682. The van der Waals surface area contributed by atoms with E-state index in [1.54, 1.807) is 10.8 Å². The Balaban J connectivity index is 2.81. The van der Waals surface area contributed by atoms with Crippen molar-refractivity contribution in [3.05, 3.63) is 29.8 Å². The summed E-state index contributed by atoms with van der Waals surface area (Å²) in [5, 5.41) is 1.78. The van der Waals surface area contributed by atoms with E-state index in [0.29, 0.717) is 0 Å². The fourth-order valence-electron chi connectivity index (χ4n) is 0.927. The third kappa shape index (κ3) is 2.74. The summed E-state index contributed by atoms with van der Waals surface area (Å²) < 4.78 is 26.1. The fraction of sp³-hybridized carbons (Fsp3) is 0.111. The Hall–Kier alpha value is -2.02. The van der Waals surface area contributed by atoms with E-state index >= 15 is 0 Å². The Morgan fingerprint density at radius 2 is 1.75 bits per heavy atom. The summed E-state index contributed by atoms with van der Waals surface area (Å²) in [6, 6.07) is 3.04. The highest BCUT2D eigenvalue weighted by Gasteiger charge is 2.17. The van der Waals surface area contributed by atoms with Gasteiger partial charge in [-0.1, -0.05) is 6.07 Å². The molecule has 0 saturated carbocycles. The maximum absolute atomic E-state index is 13.0. The molecule has 0 heterocycles. The summed E-state index contributed by atoms with van der Waals surface area (Å²) in [4.78, 5) is 26.1. The van der Waals surface area contributed by atoms with E-state index in [2.05, 4.69) is 4.84 Å². The molecule has 0 fully saturated rings. The molecule has 0 spiro atoms. The van der Waals surface area contributed by atoms with Crippen LogP contribution in [0.2, 0.25) is 0 Å². The molecule has 0 unspecified atom stereocenters. The number of hydrogen-bond acceptors (Lipinski definition) is 3. The molecule has 16 heavy (non-hydrogen) atoms. The number of carbonyl (C=O) groups excluding carboxylic acids is 2. The van der Waals surface area contributed by atoms with Gasteiger partial charge < -0.3 is 5.32 Å². The Morgan fingerprint density at radius 3 is 2.25 bits per heavy atom. The summed E-state index contributed by atoms with van der Waals surface area (Å²) in [7, 11) is 1.12. The first kappa shape index (κ1) is 12.1. The van der Waals surface area contributed by atoms with Crippen molar-refractivity contribution in [1.82, 2.24) is 5.48 Å². The molecule has 0 aliphatic rings. The first-order valence-corrected chi connectivity index (χ1v) is 4.14. The Labute approximate surface area is 89.3 Å². The third-order valence-electron chi connectivity index (χ3n) is 1.60. The van der Waals surface area contributed by atoms with Gasteiger partial charge in [-0.25, -0.2) is 14.3 Å². The summed E-state index contributed by atoms with van der Waals surface area (Å²) in [6.45, 7) is 0. The molecule has 0 radical (unpaired) electrons. The molecule has 0 saturated heterocycles. The highest BCUT2D eigenvalue weighted by Crippen LogP contribution is 2.17. The Bertz CT molecular complexity index is 403. The topological polar surface area (TPSA) is 67.4 Å². The van der Waals surface area contributed by atoms with Crippen LogP contribution < -0.4 is 10.8 Å². The summed E-state index contributed by atoms with van der Waals surface area (Å²) in [5.41, 5.74) is 1.03. The van der Waals surface area contributed by atoms with Crippen molar-refractivity contribution in [3.63, 3.8) is 0 Å². The van der Waals surface area contributed by atoms with E-state index in [9.17, 15) is 18.4 Å². The zero-order valence-corrected chi connectivity index (χ0v) is 8.21. The predicted molar refractivity (Wildman–Crippen MR) is 50.1 cm³/mol. The number of amides is 2. The lowest BCUT2D eigenvalue weighted by Crippen LogP contribution is -2.35. The maximum atomic E-state index is 13.0. The molecule has 0 aliphatic heterocycles. The number of para-hydroxylation sites is 1. The van der Waals surface area contributed by atoms with Crippen LogP contribution in [0.4, 0.5) is 14.5 Å². The highest BCUT2D eigenvalue weighted by atomic mass is 19.1. The number of hydroxylamine groups is 1. The fourth-order valence-corrected chi connectivity index (χ4v) is 0.927. The van der Waals surface area contributed by atoms with Crippen molar-refractivity contribution in [1.29, 1.82) is 0 Å². The van der Waals surface area contributed by atoms with Crippen LogP contribution >= 0.6 is 0 Å². The number of anilines is 1. The van der Waals surface area contributed by atoms with Crippen LogP contribution in [0.1, 0.15) is 0 Å². The van der Waals surface area contributed by atoms with Gasteiger partial charge in [0.1, 0.15) is 17.3 Å². The Morgan fingerprint density at radius 1 is 1.19 bits per heavy atom. The first-order chi connectivity index (χ1) is 7.56. The SMILES string of the molecule is CONC(=O)C(=O)Nc1c(F)cccc1F. The molecular weight excluding hydrogens is 222 g/mol. The van der Waals surface area contributed by atoms with Crippen molar-refractivity contribution in [2.75, 3.05) is 12.4 Å². The van der Waals surface area contributed by atoms with Gasteiger partial charge in [0.2, 0.25) is 0 Å². The van der Waals surface area contributed by atoms with Crippen LogP contribution in [0.15, 0.2) is 18.2 Å². The lowest BCUT2D eigenvalue weighted by molar-refractivity contribution is -0.142. The van der Waals surface area contributed by atoms with Crippen molar-refractivity contribution < 1.29 is 23.2 Å². The molecule has 5 nitrogen and oxygen atoms in total. The molecule has 0 aliphatic carbocycles. The van der Waals surface area contributed by atoms with Crippen LogP contribution in [0.3, 0.4) is 0 Å². The number of benzene rings is 1. The summed E-state index contributed by atoms with van der Waals surface area (Å²) in [5.74, 6) is -4.34. The molecule has 0 bridgehead atoms. The molecule has 7 heteroatoms. The van der Waals surface area contributed by atoms with Crippen LogP contribution in [-0.2, 0) is 14.4 Å². The zero-order valence-electron chi connectivity index (χ0n) is 8.21. The minimum atomic E-state index is -1.23. The van der Waals surface area contributed by atoms with Gasteiger partial charge in [-0.05, 0) is 12.1 Å². The molecule has 86 valence electrons. The van der Waals surface area contributed by atoms with E-state index in [1.165, 1.54) is 0 Å². The van der Waals surface area contributed by atoms with Gasteiger partial charge in [0.05, 0.1) is 7.11 Å². The highest BCUT2D eigenvalue weighted by molar-refractivity contribution is 6.39. The molecule has 1 rings (SSSR count). The van der Waals surface area contributed by atoms with Gasteiger partial charge in [-0.2, -0.15) is 0 Å². The van der Waals surface area contributed by atoms with Gasteiger partial charge in [-0.3, -0.25) is 14.4 Å². The van der Waals surface area contributed by atoms with Crippen LogP contribution in [-0.4, -0.2) is 18.9 Å². The summed E-state index contributed by atoms with van der Waals surface area (Å²) in [6.07, 6.45) is 0. The van der Waals surface area contributed by atoms with Crippen molar-refractivity contribution in [2.45, 2.75) is 0 Å². The Kier molecular flexibility index (Phi) is 3.90. The standard InChI is InChI=1S/C9H8F2N2O3/c1-16-13-9(15)8(14)12-7-5(10)3-2-4-6(7)11/h2-4H,1H3,(H,12,14)(H,13,15). The lowest BCUT2D eigenvalue weighted by Gasteiger charge is -2.06. The van der Waals surface area contributed by atoms with Gasteiger partial charge in [0, 0.05) is 0 Å². The van der Waals surface area contributed by atoms with E-state index in [0.717, 1.165) is 25.3 Å². The molecule has 0 atom stereocenters. The summed E-state index contributed by atoms with van der Waals surface area (Å²) >= 11 is 0. The van der Waals surface area contributed by atoms with Crippen LogP contribution in [0.5, 0.6) is 0 Å². The first-order valence-electron chi connectivity index (χ1n) is 4.14. The largest absolute Gasteiger partial charge is 0.333 e. The van der Waals surface area contributed by atoms with Gasteiger partial charge in [-0.15, -0.1) is 0 Å². The number of carbonyl (C=O) groups is 2. The molecule has 2 N–H and O–H groups in total. The smallest absolute Gasteiger partial charge is 0.313 e. The average molecular weight is 230 g/mol.